The predicted molar refractivity (Wildman–Crippen MR) is 78.9 cm³/mol. The van der Waals surface area contributed by atoms with Crippen LogP contribution in [0.1, 0.15) is 44.8 Å². The van der Waals surface area contributed by atoms with E-state index in [9.17, 15) is 0 Å². The highest BCUT2D eigenvalue weighted by Crippen LogP contribution is 2.36. The first-order valence-electron chi connectivity index (χ1n) is 7.02. The molecular formula is C16H23ClO2. The van der Waals surface area contributed by atoms with E-state index in [0.717, 1.165) is 25.0 Å². The molecule has 1 fully saturated rings. The zero-order valence-corrected chi connectivity index (χ0v) is 12.7. The lowest BCUT2D eigenvalue weighted by molar-refractivity contribution is -0.0580. The molecule has 0 saturated carbocycles. The summed E-state index contributed by atoms with van der Waals surface area (Å²) in [6.07, 6.45) is 3.33. The Bertz CT molecular complexity index is 386. The van der Waals surface area contributed by atoms with Crippen molar-refractivity contribution in [3.63, 3.8) is 0 Å². The van der Waals surface area contributed by atoms with Gasteiger partial charge in [-0.1, -0.05) is 26.0 Å². The van der Waals surface area contributed by atoms with Crippen LogP contribution in [0.2, 0.25) is 0 Å². The lowest BCUT2D eigenvalue weighted by atomic mass is 9.94. The SMILES string of the molecule is COc1ccc([C@@H]2C[C@H](Cl)C[C@H](CC(C)C)O2)cc1. The van der Waals surface area contributed by atoms with Gasteiger partial charge in [0.15, 0.2) is 0 Å². The third kappa shape index (κ3) is 4.12. The number of benzene rings is 1. The monoisotopic (exact) mass is 282 g/mol. The second kappa shape index (κ2) is 6.62. The third-order valence-electron chi connectivity index (χ3n) is 3.57. The molecule has 1 aromatic rings. The van der Waals surface area contributed by atoms with Gasteiger partial charge in [-0.05, 0) is 42.9 Å². The van der Waals surface area contributed by atoms with Gasteiger partial charge >= 0.3 is 0 Å². The van der Waals surface area contributed by atoms with E-state index in [1.54, 1.807) is 7.11 Å². The standard InChI is InChI=1S/C16H23ClO2/c1-11(2)8-15-9-13(17)10-16(19-15)12-4-6-14(18-3)7-5-12/h4-7,11,13,15-16H,8-10H2,1-3H3/t13-,15+,16+/m1/s1. The molecule has 0 unspecified atom stereocenters. The van der Waals surface area contributed by atoms with Crippen molar-refractivity contribution in [2.24, 2.45) is 5.92 Å². The summed E-state index contributed by atoms with van der Waals surface area (Å²) in [5.74, 6) is 1.52. The number of ether oxygens (including phenoxy) is 2. The minimum atomic E-state index is 0.117. The normalized spacial score (nSPS) is 27.5. The molecular weight excluding hydrogens is 260 g/mol. The lowest BCUT2D eigenvalue weighted by Crippen LogP contribution is -2.29. The maximum atomic E-state index is 6.39. The number of halogens is 1. The first-order chi connectivity index (χ1) is 9.08. The molecule has 1 heterocycles. The fourth-order valence-corrected chi connectivity index (χ4v) is 3.03. The van der Waals surface area contributed by atoms with Crippen molar-refractivity contribution in [1.29, 1.82) is 0 Å². The van der Waals surface area contributed by atoms with E-state index in [-0.39, 0.29) is 17.6 Å². The summed E-state index contributed by atoms with van der Waals surface area (Å²) in [6.45, 7) is 4.45. The highest BCUT2D eigenvalue weighted by Gasteiger charge is 2.29. The van der Waals surface area contributed by atoms with Crippen LogP contribution >= 0.6 is 11.6 Å². The fourth-order valence-electron chi connectivity index (χ4n) is 2.67. The predicted octanol–water partition coefficient (Wildman–Crippen LogP) is 4.57. The van der Waals surface area contributed by atoms with Crippen LogP contribution < -0.4 is 4.74 Å². The summed E-state index contributed by atoms with van der Waals surface area (Å²) < 4.78 is 11.4. The van der Waals surface area contributed by atoms with E-state index in [4.69, 9.17) is 21.1 Å². The lowest BCUT2D eigenvalue weighted by Gasteiger charge is -2.34. The largest absolute Gasteiger partial charge is 0.497 e. The first-order valence-corrected chi connectivity index (χ1v) is 7.45. The van der Waals surface area contributed by atoms with Crippen LogP contribution in [0.25, 0.3) is 0 Å². The molecule has 0 aliphatic carbocycles. The Morgan fingerprint density at radius 1 is 1.26 bits per heavy atom. The average Bonchev–Trinajstić information content (AvgIpc) is 2.37. The number of hydrogen-bond acceptors (Lipinski definition) is 2. The van der Waals surface area contributed by atoms with E-state index in [1.807, 2.05) is 12.1 Å². The number of rotatable bonds is 4. The van der Waals surface area contributed by atoms with Crippen molar-refractivity contribution in [1.82, 2.24) is 0 Å². The van der Waals surface area contributed by atoms with E-state index < -0.39 is 0 Å². The van der Waals surface area contributed by atoms with Crippen LogP contribution in [0.3, 0.4) is 0 Å². The van der Waals surface area contributed by atoms with Crippen molar-refractivity contribution in [2.75, 3.05) is 7.11 Å². The van der Waals surface area contributed by atoms with Crippen LogP contribution in [-0.2, 0) is 4.74 Å². The zero-order valence-electron chi connectivity index (χ0n) is 11.9. The second-order valence-electron chi connectivity index (χ2n) is 5.72. The molecule has 106 valence electrons. The minimum Gasteiger partial charge on any atom is -0.497 e. The molecule has 1 aromatic carbocycles. The third-order valence-corrected chi connectivity index (χ3v) is 3.92. The molecule has 3 atom stereocenters. The first kappa shape index (κ1) is 14.7. The van der Waals surface area contributed by atoms with Crippen molar-refractivity contribution in [3.05, 3.63) is 29.8 Å². The van der Waals surface area contributed by atoms with Crippen molar-refractivity contribution >= 4 is 11.6 Å². The smallest absolute Gasteiger partial charge is 0.118 e. The van der Waals surface area contributed by atoms with Crippen LogP contribution in [0.5, 0.6) is 5.75 Å². The zero-order chi connectivity index (χ0) is 13.8. The highest BCUT2D eigenvalue weighted by molar-refractivity contribution is 6.20. The summed E-state index contributed by atoms with van der Waals surface area (Å²) in [7, 11) is 1.68. The maximum absolute atomic E-state index is 6.39. The summed E-state index contributed by atoms with van der Waals surface area (Å²) >= 11 is 6.39. The Morgan fingerprint density at radius 3 is 2.53 bits per heavy atom. The minimum absolute atomic E-state index is 0.117. The number of alkyl halides is 1. The summed E-state index contributed by atoms with van der Waals surface area (Å²) in [4.78, 5) is 0. The molecule has 19 heavy (non-hydrogen) atoms. The molecule has 0 radical (unpaired) electrons. The molecule has 1 saturated heterocycles. The van der Waals surface area contributed by atoms with Crippen LogP contribution in [0.4, 0.5) is 0 Å². The van der Waals surface area contributed by atoms with Crippen LogP contribution in [-0.4, -0.2) is 18.6 Å². The second-order valence-corrected chi connectivity index (χ2v) is 6.34. The molecule has 2 rings (SSSR count). The molecule has 1 aliphatic rings. The molecule has 0 N–H and O–H groups in total. The van der Waals surface area contributed by atoms with Gasteiger partial charge in [-0.15, -0.1) is 11.6 Å². The van der Waals surface area contributed by atoms with Crippen LogP contribution in [0, 0.1) is 5.92 Å². The molecule has 0 spiro atoms. The Morgan fingerprint density at radius 2 is 1.95 bits per heavy atom. The molecule has 2 nitrogen and oxygen atoms in total. The van der Waals surface area contributed by atoms with Gasteiger partial charge in [0, 0.05) is 5.38 Å². The van der Waals surface area contributed by atoms with Gasteiger partial charge in [0.2, 0.25) is 0 Å². The van der Waals surface area contributed by atoms with E-state index in [1.165, 1.54) is 5.56 Å². The molecule has 3 heteroatoms. The molecule has 0 amide bonds. The van der Waals surface area contributed by atoms with E-state index in [2.05, 4.69) is 26.0 Å². The summed E-state index contributed by atoms with van der Waals surface area (Å²) in [5.41, 5.74) is 1.19. The highest BCUT2D eigenvalue weighted by atomic mass is 35.5. The van der Waals surface area contributed by atoms with E-state index in [0.29, 0.717) is 5.92 Å². The number of methoxy groups -OCH3 is 1. The Labute approximate surface area is 121 Å². The molecule has 0 bridgehead atoms. The quantitative estimate of drug-likeness (QED) is 0.753. The van der Waals surface area contributed by atoms with E-state index >= 15 is 0 Å². The van der Waals surface area contributed by atoms with Gasteiger partial charge < -0.3 is 9.47 Å². The maximum Gasteiger partial charge on any atom is 0.118 e. The van der Waals surface area contributed by atoms with Crippen molar-refractivity contribution in [2.45, 2.75) is 50.7 Å². The van der Waals surface area contributed by atoms with Gasteiger partial charge in [0.1, 0.15) is 5.75 Å². The van der Waals surface area contributed by atoms with Gasteiger partial charge in [-0.2, -0.15) is 0 Å². The van der Waals surface area contributed by atoms with Gasteiger partial charge in [-0.3, -0.25) is 0 Å². The van der Waals surface area contributed by atoms with Crippen molar-refractivity contribution in [3.8, 4) is 5.75 Å². The Balaban J connectivity index is 2.05. The van der Waals surface area contributed by atoms with Gasteiger partial charge in [0.25, 0.3) is 0 Å². The topological polar surface area (TPSA) is 18.5 Å². The molecule has 1 aliphatic heterocycles. The fraction of sp³-hybridized carbons (Fsp3) is 0.625. The average molecular weight is 283 g/mol. The summed E-state index contributed by atoms with van der Waals surface area (Å²) in [6, 6.07) is 8.11. The van der Waals surface area contributed by atoms with Gasteiger partial charge in [0.05, 0.1) is 19.3 Å². The van der Waals surface area contributed by atoms with Crippen molar-refractivity contribution < 1.29 is 9.47 Å². The Hall–Kier alpha value is -0.730. The summed E-state index contributed by atoms with van der Waals surface area (Å²) in [5, 5.41) is 0.213. The van der Waals surface area contributed by atoms with Gasteiger partial charge in [-0.25, -0.2) is 0 Å². The Kier molecular flexibility index (Phi) is 5.12. The van der Waals surface area contributed by atoms with Crippen LogP contribution in [0.15, 0.2) is 24.3 Å². The number of hydrogen-bond donors (Lipinski definition) is 0. The molecule has 0 aromatic heterocycles.